The first-order chi connectivity index (χ1) is 24.5. The number of amidine groups is 1. The van der Waals surface area contributed by atoms with E-state index in [4.69, 9.17) is 26.1 Å². The minimum Gasteiger partial charge on any atom is -0.466 e. The Kier molecular flexibility index (Phi) is 10.4. The molecule has 2 aromatic carbocycles. The number of hydrazine groups is 1. The molecule has 1 amide bonds. The Morgan fingerprint density at radius 1 is 1.06 bits per heavy atom. The van der Waals surface area contributed by atoms with Crippen LogP contribution in [0.25, 0.3) is 0 Å². The smallest absolute Gasteiger partial charge is 0.426 e. The minimum atomic E-state index is -4.53. The van der Waals surface area contributed by atoms with Crippen molar-refractivity contribution in [3.05, 3.63) is 123 Å². The highest BCUT2D eigenvalue weighted by atomic mass is 35.5. The van der Waals surface area contributed by atoms with E-state index in [2.05, 4.69) is 36.8 Å². The molecule has 266 valence electrons. The number of aryl methyl sites for hydroxylation is 1. The molecule has 0 bridgehead atoms. The zero-order valence-corrected chi connectivity index (χ0v) is 27.6. The van der Waals surface area contributed by atoms with Crippen molar-refractivity contribution >= 4 is 29.3 Å². The monoisotopic (exact) mass is 727 g/mol. The van der Waals surface area contributed by atoms with E-state index in [1.165, 1.54) is 43.5 Å². The van der Waals surface area contributed by atoms with Crippen LogP contribution in [0.3, 0.4) is 0 Å². The van der Waals surface area contributed by atoms with Crippen molar-refractivity contribution in [2.75, 3.05) is 20.3 Å². The number of carbonyl (C=O) groups excluding carboxylic acids is 2. The normalized spacial score (nSPS) is 16.7. The standard InChI is InChI=1S/C33H30ClF4N9O4/c1-50-31(49)27-26(41-29(19-9-12-39-13-10-19)42-28(27)24-8-7-22(35)15-25(24)34)18-51-17-23-16-47(46-43-23)14-2-11-40-30(48)20-3-5-21(6-4-20)32(44-45-32)33(36,37)38/h3-10,12-13,15-16,28,44-45H,2,11,14,17-18H2,1H3,(H,40,48)(H,41,42). The van der Waals surface area contributed by atoms with Gasteiger partial charge in [0.1, 0.15) is 23.4 Å². The van der Waals surface area contributed by atoms with E-state index in [0.717, 1.165) is 6.07 Å². The number of nitrogens with zero attached hydrogens (tertiary/aromatic N) is 5. The summed E-state index contributed by atoms with van der Waals surface area (Å²) in [6.45, 7) is 0.617. The lowest BCUT2D eigenvalue weighted by Gasteiger charge is -2.28. The van der Waals surface area contributed by atoms with Crippen molar-refractivity contribution in [1.29, 1.82) is 0 Å². The van der Waals surface area contributed by atoms with Crippen LogP contribution >= 0.6 is 11.6 Å². The Morgan fingerprint density at radius 2 is 1.80 bits per heavy atom. The molecule has 4 aromatic rings. The molecule has 2 aliphatic rings. The second-order valence-corrected chi connectivity index (χ2v) is 11.8. The quantitative estimate of drug-likeness (QED) is 0.0685. The summed E-state index contributed by atoms with van der Waals surface area (Å²) in [6, 6.07) is 11.5. The zero-order valence-electron chi connectivity index (χ0n) is 26.8. The van der Waals surface area contributed by atoms with Crippen LogP contribution in [0.5, 0.6) is 0 Å². The molecule has 1 atom stereocenters. The number of pyridine rings is 1. The van der Waals surface area contributed by atoms with Crippen LogP contribution in [0, 0.1) is 5.82 Å². The van der Waals surface area contributed by atoms with E-state index >= 15 is 0 Å². The van der Waals surface area contributed by atoms with Gasteiger partial charge in [-0.2, -0.15) is 13.2 Å². The first-order valence-corrected chi connectivity index (χ1v) is 15.8. The predicted molar refractivity (Wildman–Crippen MR) is 174 cm³/mol. The number of amides is 1. The highest BCUT2D eigenvalue weighted by Crippen LogP contribution is 2.42. The van der Waals surface area contributed by atoms with Crippen molar-refractivity contribution in [2.24, 2.45) is 4.99 Å². The summed E-state index contributed by atoms with van der Waals surface area (Å²) < 4.78 is 66.3. The maximum atomic E-state index is 13.9. The van der Waals surface area contributed by atoms with Gasteiger partial charge in [-0.15, -0.1) is 5.10 Å². The van der Waals surface area contributed by atoms with Gasteiger partial charge in [-0.25, -0.2) is 20.0 Å². The number of alkyl halides is 3. The highest BCUT2D eigenvalue weighted by molar-refractivity contribution is 6.31. The molecule has 18 heteroatoms. The Balaban J connectivity index is 1.05. The molecule has 4 heterocycles. The van der Waals surface area contributed by atoms with Crippen LogP contribution in [0.1, 0.15) is 45.2 Å². The lowest BCUT2D eigenvalue weighted by molar-refractivity contribution is -0.165. The number of aliphatic imine (C=N–C) groups is 1. The third-order valence-electron chi connectivity index (χ3n) is 8.05. The summed E-state index contributed by atoms with van der Waals surface area (Å²) in [5.74, 6) is -1.24. The predicted octanol–water partition coefficient (Wildman–Crippen LogP) is 3.84. The van der Waals surface area contributed by atoms with Gasteiger partial charge in [0, 0.05) is 47.2 Å². The number of aromatic nitrogens is 4. The molecule has 1 fully saturated rings. The van der Waals surface area contributed by atoms with Crippen LogP contribution in [0.4, 0.5) is 17.6 Å². The van der Waals surface area contributed by atoms with Gasteiger partial charge in [0.05, 0.1) is 37.8 Å². The average Bonchev–Trinajstić information content (AvgIpc) is 3.84. The summed E-state index contributed by atoms with van der Waals surface area (Å²) in [4.78, 5) is 34.4. The van der Waals surface area contributed by atoms with Gasteiger partial charge in [0.2, 0.25) is 5.66 Å². The van der Waals surface area contributed by atoms with Crippen LogP contribution < -0.4 is 21.5 Å². The third kappa shape index (κ3) is 7.91. The number of rotatable bonds is 13. The third-order valence-corrected chi connectivity index (χ3v) is 8.38. The first kappa shape index (κ1) is 35.6. The van der Waals surface area contributed by atoms with Gasteiger partial charge in [-0.1, -0.05) is 35.0 Å². The fourth-order valence-electron chi connectivity index (χ4n) is 5.37. The van der Waals surface area contributed by atoms with Gasteiger partial charge < -0.3 is 20.1 Å². The van der Waals surface area contributed by atoms with Crippen LogP contribution in [0.2, 0.25) is 5.02 Å². The van der Waals surface area contributed by atoms with Crippen molar-refractivity contribution in [2.45, 2.75) is 37.5 Å². The molecule has 0 radical (unpaired) electrons. The lowest BCUT2D eigenvalue weighted by atomic mass is 9.95. The van der Waals surface area contributed by atoms with Gasteiger partial charge in [-0.05, 0) is 48.4 Å². The zero-order chi connectivity index (χ0) is 36.2. The fourth-order valence-corrected chi connectivity index (χ4v) is 5.64. The summed E-state index contributed by atoms with van der Waals surface area (Å²) in [5.41, 5.74) is 4.19. The Morgan fingerprint density at radius 3 is 2.47 bits per heavy atom. The number of benzene rings is 2. The number of carbonyl (C=O) groups is 2. The van der Waals surface area contributed by atoms with E-state index in [-0.39, 0.29) is 41.5 Å². The lowest BCUT2D eigenvalue weighted by Crippen LogP contribution is -2.35. The molecule has 0 spiro atoms. The summed E-state index contributed by atoms with van der Waals surface area (Å²) in [5, 5.41) is 14.2. The van der Waals surface area contributed by atoms with E-state index in [0.29, 0.717) is 41.3 Å². The highest BCUT2D eigenvalue weighted by Gasteiger charge is 2.65. The second-order valence-electron chi connectivity index (χ2n) is 11.4. The Labute approximate surface area is 293 Å². The maximum absolute atomic E-state index is 13.9. The minimum absolute atomic E-state index is 0.0245. The van der Waals surface area contributed by atoms with E-state index in [1.54, 1.807) is 35.4 Å². The number of ether oxygens (including phenoxy) is 2. The van der Waals surface area contributed by atoms with Gasteiger partial charge >= 0.3 is 12.1 Å². The van der Waals surface area contributed by atoms with Crippen molar-refractivity contribution < 1.29 is 36.6 Å². The van der Waals surface area contributed by atoms with Crippen LogP contribution in [-0.4, -0.2) is 64.1 Å². The summed E-state index contributed by atoms with van der Waals surface area (Å²) in [7, 11) is 1.24. The van der Waals surface area contributed by atoms with Crippen LogP contribution in [0.15, 0.2) is 89.5 Å². The molecule has 2 aliphatic heterocycles. The van der Waals surface area contributed by atoms with E-state index in [9.17, 15) is 27.2 Å². The molecule has 13 nitrogen and oxygen atoms in total. The molecule has 2 aromatic heterocycles. The molecule has 1 saturated heterocycles. The fraction of sp³-hybridized carbons (Fsp3) is 0.273. The average molecular weight is 728 g/mol. The molecule has 51 heavy (non-hydrogen) atoms. The molecule has 0 aliphatic carbocycles. The SMILES string of the molecule is COC(=O)C1=C(COCc2cn(CCCNC(=O)c3ccc(C4(C(F)(F)F)NN4)cc3)nn2)NC(c2ccncc2)=NC1c1ccc(F)cc1Cl. The molecule has 1 unspecified atom stereocenters. The van der Waals surface area contributed by atoms with Gasteiger partial charge in [0.15, 0.2) is 0 Å². The number of hydrogen-bond acceptors (Lipinski definition) is 11. The molecular weight excluding hydrogens is 698 g/mol. The summed E-state index contributed by atoms with van der Waals surface area (Å²) >= 11 is 6.41. The Bertz CT molecular complexity index is 1970. The van der Waals surface area contributed by atoms with Crippen LogP contribution in [-0.2, 0) is 33.1 Å². The number of hydrogen-bond donors (Lipinski definition) is 4. The van der Waals surface area contributed by atoms with Crippen molar-refractivity contribution in [3.8, 4) is 0 Å². The topological polar surface area (TPSA) is 176 Å². The van der Waals surface area contributed by atoms with Crippen molar-refractivity contribution in [1.82, 2.24) is 41.5 Å². The number of esters is 1. The molecule has 4 N–H and O–H groups in total. The number of halogens is 5. The van der Waals surface area contributed by atoms with E-state index in [1.807, 2.05) is 0 Å². The molecular formula is C33H30ClF4N9O4. The van der Waals surface area contributed by atoms with Gasteiger partial charge in [-0.3, -0.25) is 19.5 Å². The van der Waals surface area contributed by atoms with E-state index < -0.39 is 35.6 Å². The molecule has 6 rings (SSSR count). The largest absolute Gasteiger partial charge is 0.466 e. The number of nitrogens with one attached hydrogen (secondary N) is 4. The second kappa shape index (κ2) is 14.9. The van der Waals surface area contributed by atoms with Crippen molar-refractivity contribution in [3.63, 3.8) is 0 Å². The first-order valence-electron chi connectivity index (χ1n) is 15.5. The number of methoxy groups -OCH3 is 1. The molecule has 0 saturated carbocycles. The maximum Gasteiger partial charge on any atom is 0.426 e. The Hall–Kier alpha value is -5.23. The van der Waals surface area contributed by atoms with Gasteiger partial charge in [0.25, 0.3) is 5.91 Å². The summed E-state index contributed by atoms with van der Waals surface area (Å²) in [6.07, 6.45) is 0.809.